The van der Waals surface area contributed by atoms with Crippen LogP contribution in [0.2, 0.25) is 0 Å². The van der Waals surface area contributed by atoms with E-state index < -0.39 is 0 Å². The molecule has 4 heteroatoms. The van der Waals surface area contributed by atoms with Gasteiger partial charge in [-0.1, -0.05) is 0 Å². The number of amides is 1. The summed E-state index contributed by atoms with van der Waals surface area (Å²) in [5.41, 5.74) is 0. The summed E-state index contributed by atoms with van der Waals surface area (Å²) in [6.45, 7) is 1.30. The molecule has 2 atom stereocenters. The molecule has 1 N–H and O–H groups in total. The van der Waals surface area contributed by atoms with E-state index in [0.29, 0.717) is 6.54 Å². The zero-order chi connectivity index (χ0) is 9.26. The number of aliphatic hydroxyl groups excluding tert-OH is 1. The molecule has 0 radical (unpaired) electrons. The Morgan fingerprint density at radius 2 is 2.31 bits per heavy atom. The minimum atomic E-state index is -0.282. The molecule has 2 unspecified atom stereocenters. The Bertz CT molecular complexity index is 204. The molecule has 0 aromatic rings. The Balaban J connectivity index is 1.89. The maximum absolute atomic E-state index is 11.8. The van der Waals surface area contributed by atoms with Crippen molar-refractivity contribution >= 4 is 17.7 Å². The van der Waals surface area contributed by atoms with E-state index in [1.807, 2.05) is 4.90 Å². The second kappa shape index (κ2) is 3.88. The van der Waals surface area contributed by atoms with Gasteiger partial charge in [0.1, 0.15) is 0 Å². The number of rotatable bonds is 1. The van der Waals surface area contributed by atoms with E-state index >= 15 is 0 Å². The molecule has 0 aromatic carbocycles. The van der Waals surface area contributed by atoms with E-state index in [2.05, 4.69) is 0 Å². The van der Waals surface area contributed by atoms with Crippen LogP contribution in [-0.2, 0) is 4.79 Å². The summed E-state index contributed by atoms with van der Waals surface area (Å²) in [4.78, 5) is 13.6. The lowest BCUT2D eigenvalue weighted by Gasteiger charge is -2.19. The van der Waals surface area contributed by atoms with Gasteiger partial charge < -0.3 is 10.0 Å². The Morgan fingerprint density at radius 3 is 2.85 bits per heavy atom. The first-order valence-electron chi connectivity index (χ1n) is 4.86. The van der Waals surface area contributed by atoms with Gasteiger partial charge in [0, 0.05) is 13.1 Å². The van der Waals surface area contributed by atoms with E-state index in [4.69, 9.17) is 0 Å². The molecule has 0 bridgehead atoms. The van der Waals surface area contributed by atoms with Crippen molar-refractivity contribution in [3.05, 3.63) is 0 Å². The van der Waals surface area contributed by atoms with Crippen molar-refractivity contribution in [2.75, 3.05) is 18.8 Å². The van der Waals surface area contributed by atoms with Crippen LogP contribution in [0.5, 0.6) is 0 Å². The third kappa shape index (κ3) is 1.99. The van der Waals surface area contributed by atoms with Gasteiger partial charge in [-0.25, -0.2) is 0 Å². The van der Waals surface area contributed by atoms with E-state index in [9.17, 15) is 9.90 Å². The zero-order valence-electron chi connectivity index (χ0n) is 7.61. The topological polar surface area (TPSA) is 40.5 Å². The van der Waals surface area contributed by atoms with Crippen LogP contribution in [0.25, 0.3) is 0 Å². The van der Waals surface area contributed by atoms with E-state index in [1.165, 1.54) is 0 Å². The molecular formula is C9H15NO2S. The molecular weight excluding hydrogens is 186 g/mol. The zero-order valence-corrected chi connectivity index (χ0v) is 8.42. The van der Waals surface area contributed by atoms with Gasteiger partial charge in [-0.15, -0.1) is 11.8 Å². The molecule has 74 valence electrons. The second-order valence-electron chi connectivity index (χ2n) is 3.73. The number of likely N-dealkylation sites (tertiary alicyclic amines) is 1. The molecule has 2 aliphatic rings. The molecule has 0 aliphatic carbocycles. The SMILES string of the molecule is O=C(C1CCCS1)N1CCC(O)C1. The molecule has 2 saturated heterocycles. The van der Waals surface area contributed by atoms with Crippen LogP contribution in [0.4, 0.5) is 0 Å². The van der Waals surface area contributed by atoms with Gasteiger partial charge in [0.2, 0.25) is 5.91 Å². The van der Waals surface area contributed by atoms with Crippen LogP contribution >= 0.6 is 11.8 Å². The van der Waals surface area contributed by atoms with Crippen LogP contribution < -0.4 is 0 Å². The monoisotopic (exact) mass is 201 g/mol. The predicted molar refractivity (Wildman–Crippen MR) is 52.7 cm³/mol. The maximum atomic E-state index is 11.8. The van der Waals surface area contributed by atoms with Crippen molar-refractivity contribution in [1.29, 1.82) is 0 Å². The van der Waals surface area contributed by atoms with Gasteiger partial charge >= 0.3 is 0 Å². The molecule has 2 fully saturated rings. The van der Waals surface area contributed by atoms with Crippen molar-refractivity contribution in [3.63, 3.8) is 0 Å². The summed E-state index contributed by atoms with van der Waals surface area (Å²) >= 11 is 1.77. The first-order valence-corrected chi connectivity index (χ1v) is 5.90. The first kappa shape index (κ1) is 9.34. The fourth-order valence-electron chi connectivity index (χ4n) is 1.92. The summed E-state index contributed by atoms with van der Waals surface area (Å²) < 4.78 is 0. The van der Waals surface area contributed by atoms with Crippen molar-refractivity contribution in [2.24, 2.45) is 0 Å². The normalized spacial score (nSPS) is 34.1. The van der Waals surface area contributed by atoms with Crippen LogP contribution in [-0.4, -0.2) is 46.1 Å². The van der Waals surface area contributed by atoms with Gasteiger partial charge in [-0.3, -0.25) is 4.79 Å². The molecule has 0 saturated carbocycles. The average Bonchev–Trinajstić information content (AvgIpc) is 2.72. The average molecular weight is 201 g/mol. The second-order valence-corrected chi connectivity index (χ2v) is 5.04. The molecule has 3 nitrogen and oxygen atoms in total. The molecule has 13 heavy (non-hydrogen) atoms. The van der Waals surface area contributed by atoms with Crippen LogP contribution in [0.15, 0.2) is 0 Å². The number of nitrogens with zero attached hydrogens (tertiary/aromatic N) is 1. The summed E-state index contributed by atoms with van der Waals surface area (Å²) in [6.07, 6.45) is 2.66. The summed E-state index contributed by atoms with van der Waals surface area (Å²) in [6, 6.07) is 0. The highest BCUT2D eigenvalue weighted by molar-refractivity contribution is 8.00. The Hall–Kier alpha value is -0.220. The van der Waals surface area contributed by atoms with Crippen molar-refractivity contribution in [1.82, 2.24) is 4.90 Å². The molecule has 0 aromatic heterocycles. The third-order valence-corrected chi connectivity index (χ3v) is 4.04. The largest absolute Gasteiger partial charge is 0.391 e. The Morgan fingerprint density at radius 1 is 1.46 bits per heavy atom. The Labute approximate surface area is 82.5 Å². The summed E-state index contributed by atoms with van der Waals surface area (Å²) in [7, 11) is 0. The number of β-amino-alcohol motifs (C(OH)–C–C–N with tert-alkyl or cyclic N) is 1. The molecule has 1 amide bonds. The van der Waals surface area contributed by atoms with Crippen LogP contribution in [0.1, 0.15) is 19.3 Å². The van der Waals surface area contributed by atoms with Crippen LogP contribution in [0.3, 0.4) is 0 Å². The summed E-state index contributed by atoms with van der Waals surface area (Å²) in [5, 5.41) is 9.48. The minimum Gasteiger partial charge on any atom is -0.391 e. The third-order valence-electron chi connectivity index (χ3n) is 2.68. The predicted octanol–water partition coefficient (Wildman–Crippen LogP) is 0.475. The smallest absolute Gasteiger partial charge is 0.235 e. The lowest BCUT2D eigenvalue weighted by Crippen LogP contribution is -2.35. The number of carbonyl (C=O) groups excluding carboxylic acids is 1. The van der Waals surface area contributed by atoms with E-state index in [-0.39, 0.29) is 17.3 Å². The number of thioether (sulfide) groups is 1. The van der Waals surface area contributed by atoms with Gasteiger partial charge in [-0.05, 0) is 25.0 Å². The van der Waals surface area contributed by atoms with Gasteiger partial charge in [0.15, 0.2) is 0 Å². The summed E-state index contributed by atoms with van der Waals surface area (Å²) in [5.74, 6) is 1.37. The lowest BCUT2D eigenvalue weighted by atomic mass is 10.2. The number of aliphatic hydroxyl groups is 1. The molecule has 0 spiro atoms. The highest BCUT2D eigenvalue weighted by Crippen LogP contribution is 2.28. The highest BCUT2D eigenvalue weighted by atomic mass is 32.2. The minimum absolute atomic E-state index is 0.185. The number of hydrogen-bond donors (Lipinski definition) is 1. The van der Waals surface area contributed by atoms with Crippen molar-refractivity contribution < 1.29 is 9.90 Å². The van der Waals surface area contributed by atoms with E-state index in [0.717, 1.165) is 31.6 Å². The quantitative estimate of drug-likeness (QED) is 0.670. The molecule has 2 rings (SSSR count). The fourth-order valence-corrected chi connectivity index (χ4v) is 3.16. The number of hydrogen-bond acceptors (Lipinski definition) is 3. The van der Waals surface area contributed by atoms with Gasteiger partial charge in [0.25, 0.3) is 0 Å². The fraction of sp³-hybridized carbons (Fsp3) is 0.889. The Kier molecular flexibility index (Phi) is 2.79. The van der Waals surface area contributed by atoms with Crippen molar-refractivity contribution in [3.8, 4) is 0 Å². The van der Waals surface area contributed by atoms with Gasteiger partial charge in [0.05, 0.1) is 11.4 Å². The highest BCUT2D eigenvalue weighted by Gasteiger charge is 2.31. The molecule has 2 heterocycles. The molecule has 2 aliphatic heterocycles. The van der Waals surface area contributed by atoms with Crippen molar-refractivity contribution in [2.45, 2.75) is 30.6 Å². The maximum Gasteiger partial charge on any atom is 0.235 e. The first-order chi connectivity index (χ1) is 6.27. The number of carbonyl (C=O) groups is 1. The lowest BCUT2D eigenvalue weighted by molar-refractivity contribution is -0.129. The van der Waals surface area contributed by atoms with Crippen LogP contribution in [0, 0.1) is 0 Å². The van der Waals surface area contributed by atoms with Gasteiger partial charge in [-0.2, -0.15) is 0 Å². The van der Waals surface area contributed by atoms with E-state index in [1.54, 1.807) is 11.8 Å². The standard InChI is InChI=1S/C9H15NO2S/c11-7-3-4-10(6-7)9(12)8-2-1-5-13-8/h7-8,11H,1-6H2.